The lowest BCUT2D eigenvalue weighted by molar-refractivity contribution is 0.774. The summed E-state index contributed by atoms with van der Waals surface area (Å²) in [6, 6.07) is 84.4. The van der Waals surface area contributed by atoms with E-state index in [-0.39, 0.29) is 0 Å². The molecule has 10 aromatic carbocycles. The van der Waals surface area contributed by atoms with Gasteiger partial charge in [0.05, 0.1) is 17.0 Å². The lowest BCUT2D eigenvalue weighted by Gasteiger charge is -2.40. The van der Waals surface area contributed by atoms with E-state index in [1.54, 1.807) is 0 Å². The van der Waals surface area contributed by atoms with Crippen molar-refractivity contribution in [1.82, 2.24) is 15.0 Å². The minimum atomic E-state index is -0.592. The van der Waals surface area contributed by atoms with E-state index in [1.807, 2.05) is 78.9 Å². The molecule has 4 heteroatoms. The summed E-state index contributed by atoms with van der Waals surface area (Å²) in [5.74, 6) is 1.92. The predicted octanol–water partition coefficient (Wildman–Crippen LogP) is 15.2. The van der Waals surface area contributed by atoms with Gasteiger partial charge in [-0.1, -0.05) is 206 Å². The Bertz CT molecular complexity index is 3730. The molecule has 11 aromatic rings. The van der Waals surface area contributed by atoms with Gasteiger partial charge in [0.2, 0.25) is 0 Å². The van der Waals surface area contributed by atoms with Gasteiger partial charge in [0.1, 0.15) is 0 Å². The fraction of sp³-hybridized carbons (Fsp3) is 0.0159. The summed E-state index contributed by atoms with van der Waals surface area (Å²) in [6.07, 6.45) is 0. The Labute approximate surface area is 388 Å². The van der Waals surface area contributed by atoms with Crippen LogP contribution in [0.4, 0.5) is 0 Å². The van der Waals surface area contributed by atoms with Crippen LogP contribution in [-0.2, 0) is 5.41 Å². The van der Waals surface area contributed by atoms with Crippen LogP contribution in [0.25, 0.3) is 101 Å². The number of benzene rings is 10. The smallest absolute Gasteiger partial charge is 0.164 e. The largest absolute Gasteiger partial charge is 0.208 e. The van der Waals surface area contributed by atoms with E-state index in [2.05, 4.69) is 158 Å². The standard InChI is InChI=1S/C63H38N4/c64-39-40-12-9-19-48(36-40)41-24-26-42(27-25-41)49-32-34-52-53-35-33-50(38-58(53)63(57(52)37-49)55-22-8-7-20-51(55)54-21-10-17-44-18-11-23-56(63)59(44)54)43-28-30-47(31-29-43)62-66-60(45-13-3-1-4-14-45)65-61(67-62)46-15-5-2-6-16-46/h1-38H. The Morgan fingerprint density at radius 3 is 1.27 bits per heavy atom. The molecule has 13 rings (SSSR count). The SMILES string of the molecule is N#Cc1cccc(-c2ccc(-c3ccc4c(c3)C3(c5cc(-c6ccc(-c7nc(-c8ccccc8)nc(-c8ccccc8)n7)cc6)ccc5-4)c4ccccc4-c4cccc5cccc3c45)cc2)c1. The Hall–Kier alpha value is -9.04. The van der Waals surface area contributed by atoms with E-state index in [1.165, 1.54) is 55.3 Å². The van der Waals surface area contributed by atoms with Crippen LogP contribution < -0.4 is 0 Å². The Kier molecular flexibility index (Phi) is 8.78. The van der Waals surface area contributed by atoms with Crippen molar-refractivity contribution in [2.45, 2.75) is 5.41 Å². The van der Waals surface area contributed by atoms with Crippen LogP contribution in [0.2, 0.25) is 0 Å². The van der Waals surface area contributed by atoms with E-state index in [4.69, 9.17) is 15.0 Å². The molecular weight excluding hydrogens is 813 g/mol. The second-order valence-corrected chi connectivity index (χ2v) is 17.4. The van der Waals surface area contributed by atoms with Crippen molar-refractivity contribution >= 4 is 10.8 Å². The zero-order valence-electron chi connectivity index (χ0n) is 36.2. The van der Waals surface area contributed by atoms with E-state index in [9.17, 15) is 5.26 Å². The lowest BCUT2D eigenvalue weighted by Crippen LogP contribution is -2.31. The molecule has 4 nitrogen and oxygen atoms in total. The molecule has 1 heterocycles. The van der Waals surface area contributed by atoms with E-state index in [0.717, 1.165) is 50.1 Å². The molecule has 310 valence electrons. The van der Waals surface area contributed by atoms with E-state index < -0.39 is 5.41 Å². The Morgan fingerprint density at radius 1 is 0.299 bits per heavy atom. The number of nitriles is 1. The van der Waals surface area contributed by atoms with Crippen molar-refractivity contribution in [3.8, 4) is 95.9 Å². The number of nitrogens with zero attached hydrogens (tertiary/aromatic N) is 4. The van der Waals surface area contributed by atoms with E-state index >= 15 is 0 Å². The summed E-state index contributed by atoms with van der Waals surface area (Å²) in [5, 5.41) is 12.1. The van der Waals surface area contributed by atoms with Gasteiger partial charge < -0.3 is 0 Å². The molecule has 2 aliphatic carbocycles. The topological polar surface area (TPSA) is 62.5 Å². The normalized spacial score (nSPS) is 14.0. The summed E-state index contributed by atoms with van der Waals surface area (Å²) in [4.78, 5) is 14.9. The highest BCUT2D eigenvalue weighted by molar-refractivity contribution is 6.07. The van der Waals surface area contributed by atoms with Crippen LogP contribution >= 0.6 is 0 Å². The minimum Gasteiger partial charge on any atom is -0.208 e. The third-order valence-electron chi connectivity index (χ3n) is 13.8. The average molecular weight is 851 g/mol. The van der Waals surface area contributed by atoms with Gasteiger partial charge in [-0.15, -0.1) is 0 Å². The van der Waals surface area contributed by atoms with E-state index in [0.29, 0.717) is 23.0 Å². The maximum atomic E-state index is 9.55. The molecule has 1 spiro atoms. The molecule has 0 N–H and O–H groups in total. The summed E-state index contributed by atoms with van der Waals surface area (Å²) < 4.78 is 0. The van der Waals surface area contributed by atoms with Gasteiger partial charge in [-0.05, 0) is 113 Å². The maximum Gasteiger partial charge on any atom is 0.164 e. The quantitative estimate of drug-likeness (QED) is 0.167. The van der Waals surface area contributed by atoms with Crippen molar-refractivity contribution in [2.24, 2.45) is 0 Å². The second-order valence-electron chi connectivity index (χ2n) is 17.4. The molecule has 2 aliphatic rings. The number of aromatic nitrogens is 3. The minimum absolute atomic E-state index is 0.592. The molecule has 0 aliphatic heterocycles. The Balaban J connectivity index is 0.966. The summed E-state index contributed by atoms with van der Waals surface area (Å²) in [7, 11) is 0. The average Bonchev–Trinajstić information content (AvgIpc) is 3.69. The van der Waals surface area contributed by atoms with Crippen LogP contribution in [0.1, 0.15) is 27.8 Å². The zero-order chi connectivity index (χ0) is 44.5. The molecular formula is C63H38N4. The van der Waals surface area contributed by atoms with Crippen LogP contribution in [0.15, 0.2) is 231 Å². The molecule has 0 fully saturated rings. The third-order valence-corrected chi connectivity index (χ3v) is 13.8. The highest BCUT2D eigenvalue weighted by Gasteiger charge is 2.50. The molecule has 0 saturated carbocycles. The highest BCUT2D eigenvalue weighted by Crippen LogP contribution is 2.62. The van der Waals surface area contributed by atoms with Crippen LogP contribution in [0.3, 0.4) is 0 Å². The third kappa shape index (κ3) is 6.10. The zero-order valence-corrected chi connectivity index (χ0v) is 36.2. The predicted molar refractivity (Wildman–Crippen MR) is 271 cm³/mol. The molecule has 1 aromatic heterocycles. The fourth-order valence-corrected chi connectivity index (χ4v) is 10.7. The molecule has 67 heavy (non-hydrogen) atoms. The van der Waals surface area contributed by atoms with Gasteiger partial charge in [0.25, 0.3) is 0 Å². The number of hydrogen-bond acceptors (Lipinski definition) is 4. The molecule has 1 unspecified atom stereocenters. The number of hydrogen-bond donors (Lipinski definition) is 0. The lowest BCUT2D eigenvalue weighted by atomic mass is 9.61. The van der Waals surface area contributed by atoms with Gasteiger partial charge in [-0.3, -0.25) is 0 Å². The van der Waals surface area contributed by atoms with Gasteiger partial charge in [-0.2, -0.15) is 5.26 Å². The first kappa shape index (κ1) is 38.4. The molecule has 0 amide bonds. The first-order valence-corrected chi connectivity index (χ1v) is 22.6. The first-order valence-electron chi connectivity index (χ1n) is 22.6. The summed E-state index contributed by atoms with van der Waals surface area (Å²) in [6.45, 7) is 0. The molecule has 0 bridgehead atoms. The van der Waals surface area contributed by atoms with Gasteiger partial charge in [-0.25, -0.2) is 15.0 Å². The van der Waals surface area contributed by atoms with Gasteiger partial charge in [0.15, 0.2) is 17.5 Å². The highest BCUT2D eigenvalue weighted by atomic mass is 15.0. The number of fused-ring (bicyclic) bond motifs is 9. The van der Waals surface area contributed by atoms with Crippen molar-refractivity contribution in [3.05, 3.63) is 258 Å². The summed E-state index contributed by atoms with van der Waals surface area (Å²) in [5.41, 5.74) is 19.7. The van der Waals surface area contributed by atoms with Crippen molar-refractivity contribution in [3.63, 3.8) is 0 Å². The maximum absolute atomic E-state index is 9.55. The fourth-order valence-electron chi connectivity index (χ4n) is 10.7. The van der Waals surface area contributed by atoms with Crippen LogP contribution in [0, 0.1) is 11.3 Å². The van der Waals surface area contributed by atoms with Crippen molar-refractivity contribution < 1.29 is 0 Å². The van der Waals surface area contributed by atoms with Crippen LogP contribution in [-0.4, -0.2) is 15.0 Å². The van der Waals surface area contributed by atoms with Gasteiger partial charge >= 0.3 is 0 Å². The summed E-state index contributed by atoms with van der Waals surface area (Å²) >= 11 is 0. The first-order chi connectivity index (χ1) is 33.1. The molecule has 0 radical (unpaired) electrons. The second kappa shape index (κ2) is 15.3. The number of rotatable bonds is 6. The van der Waals surface area contributed by atoms with Crippen LogP contribution in [0.5, 0.6) is 0 Å². The van der Waals surface area contributed by atoms with Crippen molar-refractivity contribution in [2.75, 3.05) is 0 Å². The monoisotopic (exact) mass is 850 g/mol. The van der Waals surface area contributed by atoms with Crippen molar-refractivity contribution in [1.29, 1.82) is 5.26 Å². The molecule has 0 saturated heterocycles. The Morgan fingerprint density at radius 2 is 0.701 bits per heavy atom. The molecule has 1 atom stereocenters. The van der Waals surface area contributed by atoms with Gasteiger partial charge in [0, 0.05) is 16.7 Å².